The molecule has 7 nitrogen and oxygen atoms in total. The van der Waals surface area contributed by atoms with Gasteiger partial charge in [-0.2, -0.15) is 0 Å². The van der Waals surface area contributed by atoms with Crippen LogP contribution in [0.1, 0.15) is 43.2 Å². The van der Waals surface area contributed by atoms with Crippen LogP contribution >= 0.6 is 11.3 Å². The van der Waals surface area contributed by atoms with Crippen LogP contribution in [0.15, 0.2) is 53.6 Å². The number of aromatic nitrogens is 3. The Morgan fingerprint density at radius 2 is 1.78 bits per heavy atom. The van der Waals surface area contributed by atoms with Crippen LogP contribution in [-0.4, -0.2) is 43.1 Å². The van der Waals surface area contributed by atoms with Crippen LogP contribution in [0.2, 0.25) is 0 Å². The predicted molar refractivity (Wildman–Crippen MR) is 152 cm³/mol. The molecule has 0 saturated carbocycles. The van der Waals surface area contributed by atoms with Gasteiger partial charge in [0, 0.05) is 43.0 Å². The van der Waals surface area contributed by atoms with Gasteiger partial charge in [-0.15, -0.1) is 11.3 Å². The van der Waals surface area contributed by atoms with Crippen molar-refractivity contribution >= 4 is 27.1 Å². The Labute approximate surface area is 240 Å². The molecule has 1 aliphatic heterocycles. The highest BCUT2D eigenvalue weighted by atomic mass is 32.2. The van der Waals surface area contributed by atoms with Crippen molar-refractivity contribution in [2.24, 2.45) is 5.92 Å². The molecule has 2 aromatic heterocycles. The SMILES string of the molecule is CC(C)CNc1nccc(-c2sc(C3CCOCC3)nc2-c2ccc(F)c(CS(=O)(=O)c3cc(F)ccc3F)c2)n1. The van der Waals surface area contributed by atoms with Crippen molar-refractivity contribution in [3.8, 4) is 21.8 Å². The van der Waals surface area contributed by atoms with Gasteiger partial charge in [0.25, 0.3) is 0 Å². The molecule has 2 aromatic carbocycles. The molecule has 0 atom stereocenters. The summed E-state index contributed by atoms with van der Waals surface area (Å²) >= 11 is 1.48. The van der Waals surface area contributed by atoms with Crippen LogP contribution in [0.4, 0.5) is 19.1 Å². The van der Waals surface area contributed by atoms with E-state index in [2.05, 4.69) is 24.1 Å². The van der Waals surface area contributed by atoms with Crippen molar-refractivity contribution in [2.45, 2.75) is 43.3 Å². The number of nitrogens with zero attached hydrogens (tertiary/aromatic N) is 3. The lowest BCUT2D eigenvalue weighted by Gasteiger charge is -2.19. The molecule has 3 heterocycles. The number of ether oxygens (including phenoxy) is 1. The van der Waals surface area contributed by atoms with Crippen LogP contribution in [0.3, 0.4) is 0 Å². The van der Waals surface area contributed by atoms with Gasteiger partial charge in [0.15, 0.2) is 9.84 Å². The Morgan fingerprint density at radius 3 is 2.54 bits per heavy atom. The highest BCUT2D eigenvalue weighted by molar-refractivity contribution is 7.90. The molecule has 1 aliphatic rings. The molecule has 1 saturated heterocycles. The van der Waals surface area contributed by atoms with Crippen LogP contribution in [0, 0.1) is 23.4 Å². The highest BCUT2D eigenvalue weighted by Gasteiger charge is 2.26. The predicted octanol–water partition coefficient (Wildman–Crippen LogP) is 6.62. The number of hydrogen-bond acceptors (Lipinski definition) is 8. The lowest BCUT2D eigenvalue weighted by atomic mass is 10.0. The third kappa shape index (κ3) is 6.77. The van der Waals surface area contributed by atoms with Gasteiger partial charge in [0.05, 0.1) is 27.0 Å². The van der Waals surface area contributed by atoms with Gasteiger partial charge in [-0.25, -0.2) is 36.5 Å². The number of sulfone groups is 1. The first kappa shape index (κ1) is 29.2. The number of rotatable bonds is 9. The number of nitrogens with one attached hydrogen (secondary N) is 1. The summed E-state index contributed by atoms with van der Waals surface area (Å²) in [6.45, 7) is 6.09. The molecule has 0 bridgehead atoms. The zero-order valence-corrected chi connectivity index (χ0v) is 24.2. The van der Waals surface area contributed by atoms with Crippen LogP contribution in [-0.2, 0) is 20.3 Å². The minimum Gasteiger partial charge on any atom is -0.381 e. The first-order valence-corrected chi connectivity index (χ1v) is 15.7. The van der Waals surface area contributed by atoms with E-state index in [0.717, 1.165) is 40.9 Å². The Bertz CT molecular complexity index is 1660. The maximum absolute atomic E-state index is 14.9. The average molecular weight is 603 g/mol. The van der Waals surface area contributed by atoms with Crippen LogP contribution in [0.5, 0.6) is 0 Å². The van der Waals surface area contributed by atoms with Crippen molar-refractivity contribution in [1.82, 2.24) is 15.0 Å². The summed E-state index contributed by atoms with van der Waals surface area (Å²) in [6.07, 6.45) is 3.27. The second-order valence-corrected chi connectivity index (χ2v) is 13.3. The molecule has 4 aromatic rings. The Hall–Kier alpha value is -3.35. The largest absolute Gasteiger partial charge is 0.381 e. The molecule has 0 spiro atoms. The fraction of sp³-hybridized carbons (Fsp3) is 0.345. The van der Waals surface area contributed by atoms with Gasteiger partial charge in [-0.1, -0.05) is 13.8 Å². The van der Waals surface area contributed by atoms with E-state index in [0.29, 0.717) is 54.6 Å². The molecule has 1 N–H and O–H groups in total. The Morgan fingerprint density at radius 1 is 1.02 bits per heavy atom. The van der Waals surface area contributed by atoms with Crippen molar-refractivity contribution in [3.63, 3.8) is 0 Å². The lowest BCUT2D eigenvalue weighted by molar-refractivity contribution is 0.0853. The summed E-state index contributed by atoms with van der Waals surface area (Å²) in [5, 5.41) is 4.11. The van der Waals surface area contributed by atoms with Gasteiger partial charge in [0.2, 0.25) is 5.95 Å². The molecule has 0 aliphatic carbocycles. The van der Waals surface area contributed by atoms with Gasteiger partial charge < -0.3 is 10.1 Å². The standard InChI is InChI=1S/C29H29F3N4O3S2/c1-17(2)15-34-29-33-10-7-24(35-29)27-26(36-28(40-27)18-8-11-39-12-9-18)19-3-5-22(31)20(13-19)16-41(37,38)25-14-21(30)4-6-23(25)32/h3-7,10,13-14,17-18H,8-9,11-12,15-16H2,1-2H3,(H,33,34,35). The highest BCUT2D eigenvalue weighted by Crippen LogP contribution is 2.41. The van der Waals surface area contributed by atoms with E-state index in [9.17, 15) is 21.6 Å². The molecule has 0 unspecified atom stereocenters. The molecule has 0 amide bonds. The Kier molecular flexibility index (Phi) is 8.71. The summed E-state index contributed by atoms with van der Waals surface area (Å²) in [6, 6.07) is 8.02. The van der Waals surface area contributed by atoms with Gasteiger partial charge >= 0.3 is 0 Å². The van der Waals surface area contributed by atoms with E-state index < -0.39 is 37.9 Å². The van der Waals surface area contributed by atoms with Crippen LogP contribution in [0.25, 0.3) is 21.8 Å². The summed E-state index contributed by atoms with van der Waals surface area (Å²) in [4.78, 5) is 13.9. The number of halogens is 3. The normalized spacial score (nSPS) is 14.5. The minimum atomic E-state index is -4.40. The first-order valence-electron chi connectivity index (χ1n) is 13.2. The van der Waals surface area contributed by atoms with Gasteiger partial charge in [-0.05, 0) is 61.2 Å². The molecular weight excluding hydrogens is 573 g/mol. The second-order valence-electron chi connectivity index (χ2n) is 10.3. The fourth-order valence-corrected chi connectivity index (χ4v) is 7.19. The number of hydrogen-bond donors (Lipinski definition) is 1. The minimum absolute atomic E-state index is 0.179. The third-order valence-electron chi connectivity index (χ3n) is 6.66. The Balaban J connectivity index is 1.56. The monoisotopic (exact) mass is 602 g/mol. The zero-order chi connectivity index (χ0) is 29.1. The summed E-state index contributed by atoms with van der Waals surface area (Å²) in [5.74, 6) is -2.61. The van der Waals surface area contributed by atoms with Crippen molar-refractivity contribution in [1.29, 1.82) is 0 Å². The topological polar surface area (TPSA) is 94.1 Å². The van der Waals surface area contributed by atoms with Gasteiger partial charge in [-0.3, -0.25) is 0 Å². The van der Waals surface area contributed by atoms with E-state index >= 15 is 0 Å². The molecular formula is C29H29F3N4O3S2. The number of benzene rings is 2. The fourth-order valence-electron chi connectivity index (χ4n) is 4.52. The van der Waals surface area contributed by atoms with Crippen molar-refractivity contribution in [3.05, 3.63) is 76.7 Å². The maximum atomic E-state index is 14.9. The molecule has 5 rings (SSSR count). The number of thiazole rings is 1. The summed E-state index contributed by atoms with van der Waals surface area (Å²) in [5.41, 5.74) is 1.45. The third-order valence-corrected chi connectivity index (χ3v) is 9.58. The zero-order valence-electron chi connectivity index (χ0n) is 22.5. The quantitative estimate of drug-likeness (QED) is 0.230. The van der Waals surface area contributed by atoms with E-state index in [1.807, 2.05) is 0 Å². The lowest BCUT2D eigenvalue weighted by Crippen LogP contribution is -2.13. The molecule has 0 radical (unpaired) electrons. The van der Waals surface area contributed by atoms with Crippen molar-refractivity contribution < 1.29 is 26.3 Å². The van der Waals surface area contributed by atoms with E-state index in [-0.39, 0.29) is 11.5 Å². The molecule has 1 fully saturated rings. The van der Waals surface area contributed by atoms with Gasteiger partial charge in [0.1, 0.15) is 22.3 Å². The van der Waals surface area contributed by atoms with E-state index in [4.69, 9.17) is 14.7 Å². The maximum Gasteiger partial charge on any atom is 0.223 e. The smallest absolute Gasteiger partial charge is 0.223 e. The van der Waals surface area contributed by atoms with Crippen molar-refractivity contribution in [2.75, 3.05) is 25.1 Å². The summed E-state index contributed by atoms with van der Waals surface area (Å²) in [7, 11) is -4.40. The molecule has 12 heteroatoms. The average Bonchev–Trinajstić information content (AvgIpc) is 3.40. The van der Waals surface area contributed by atoms with Crippen LogP contribution < -0.4 is 5.32 Å². The molecule has 41 heavy (non-hydrogen) atoms. The number of anilines is 1. The first-order chi connectivity index (χ1) is 19.6. The van der Waals surface area contributed by atoms with E-state index in [1.54, 1.807) is 12.3 Å². The second kappa shape index (κ2) is 12.3. The summed E-state index contributed by atoms with van der Waals surface area (Å²) < 4.78 is 74.5. The molecule has 216 valence electrons. The van der Waals surface area contributed by atoms with E-state index in [1.165, 1.54) is 23.5 Å².